The van der Waals surface area contributed by atoms with Crippen molar-refractivity contribution in [2.24, 2.45) is 0 Å². The molecule has 0 aromatic heterocycles. The maximum absolute atomic E-state index is 12.0. The zero-order chi connectivity index (χ0) is 17.2. The Morgan fingerprint density at radius 2 is 1.67 bits per heavy atom. The van der Waals surface area contributed by atoms with Gasteiger partial charge in [-0.05, 0) is 43.2 Å². The summed E-state index contributed by atoms with van der Waals surface area (Å²) in [7, 11) is 0. The van der Waals surface area contributed by atoms with Gasteiger partial charge in [0.05, 0.1) is 13.2 Å². The molecule has 126 valence electrons. The van der Waals surface area contributed by atoms with Crippen molar-refractivity contribution in [1.29, 1.82) is 0 Å². The van der Waals surface area contributed by atoms with E-state index in [1.54, 1.807) is 24.3 Å². The Labute approximate surface area is 142 Å². The van der Waals surface area contributed by atoms with Crippen LogP contribution in [-0.2, 0) is 11.2 Å². The second-order valence-electron chi connectivity index (χ2n) is 5.23. The summed E-state index contributed by atoms with van der Waals surface area (Å²) in [6.07, 6.45) is 0.763. The van der Waals surface area contributed by atoms with Gasteiger partial charge < -0.3 is 15.4 Å². The molecule has 0 saturated heterocycles. The Bertz CT molecular complexity index is 654. The lowest BCUT2D eigenvalue weighted by Gasteiger charge is -2.08. The second-order valence-corrected chi connectivity index (χ2v) is 5.23. The van der Waals surface area contributed by atoms with Crippen molar-refractivity contribution in [3.05, 3.63) is 65.7 Å². The summed E-state index contributed by atoms with van der Waals surface area (Å²) >= 11 is 0. The molecule has 2 aromatic rings. The first-order valence-electron chi connectivity index (χ1n) is 8.00. The van der Waals surface area contributed by atoms with Crippen molar-refractivity contribution in [3.8, 4) is 5.75 Å². The number of amides is 2. The molecular weight excluding hydrogens is 304 g/mol. The van der Waals surface area contributed by atoms with Crippen LogP contribution in [0.2, 0.25) is 0 Å². The van der Waals surface area contributed by atoms with Gasteiger partial charge in [0.1, 0.15) is 5.75 Å². The van der Waals surface area contributed by atoms with Crippen LogP contribution in [0.5, 0.6) is 5.75 Å². The van der Waals surface area contributed by atoms with Crippen molar-refractivity contribution in [3.63, 3.8) is 0 Å². The van der Waals surface area contributed by atoms with Crippen LogP contribution < -0.4 is 15.4 Å². The van der Waals surface area contributed by atoms with Gasteiger partial charge in [0.25, 0.3) is 5.91 Å². The summed E-state index contributed by atoms with van der Waals surface area (Å²) < 4.78 is 5.32. The van der Waals surface area contributed by atoms with E-state index in [1.165, 1.54) is 0 Å². The monoisotopic (exact) mass is 326 g/mol. The number of rotatable bonds is 8. The predicted molar refractivity (Wildman–Crippen MR) is 93.1 cm³/mol. The minimum Gasteiger partial charge on any atom is -0.494 e. The summed E-state index contributed by atoms with van der Waals surface area (Å²) in [5, 5.41) is 5.40. The molecule has 0 aliphatic carbocycles. The number of nitrogens with one attached hydrogen (secondary N) is 2. The average molecular weight is 326 g/mol. The van der Waals surface area contributed by atoms with E-state index in [2.05, 4.69) is 10.6 Å². The van der Waals surface area contributed by atoms with Gasteiger partial charge in [0, 0.05) is 12.1 Å². The fourth-order valence-electron chi connectivity index (χ4n) is 2.19. The van der Waals surface area contributed by atoms with Crippen molar-refractivity contribution >= 4 is 11.8 Å². The van der Waals surface area contributed by atoms with Crippen molar-refractivity contribution < 1.29 is 14.3 Å². The molecule has 0 saturated carbocycles. The first-order valence-corrected chi connectivity index (χ1v) is 8.00. The first kappa shape index (κ1) is 17.5. The molecule has 5 heteroatoms. The molecule has 0 radical (unpaired) electrons. The zero-order valence-corrected chi connectivity index (χ0v) is 13.7. The molecule has 0 unspecified atom stereocenters. The molecule has 0 heterocycles. The highest BCUT2D eigenvalue weighted by atomic mass is 16.5. The average Bonchev–Trinajstić information content (AvgIpc) is 2.61. The van der Waals surface area contributed by atoms with Crippen LogP contribution in [-0.4, -0.2) is 31.5 Å². The molecule has 0 spiro atoms. The Morgan fingerprint density at radius 1 is 0.958 bits per heavy atom. The highest BCUT2D eigenvalue weighted by molar-refractivity contribution is 5.96. The number of carbonyl (C=O) groups is 2. The number of ether oxygens (including phenoxy) is 1. The Hall–Kier alpha value is -2.82. The smallest absolute Gasteiger partial charge is 0.251 e. The molecule has 0 bridgehead atoms. The van der Waals surface area contributed by atoms with Crippen LogP contribution in [0.3, 0.4) is 0 Å². The highest BCUT2D eigenvalue weighted by Crippen LogP contribution is 2.11. The first-order chi connectivity index (χ1) is 11.7. The Balaban J connectivity index is 1.69. The highest BCUT2D eigenvalue weighted by Gasteiger charge is 2.08. The number of benzene rings is 2. The van der Waals surface area contributed by atoms with Crippen molar-refractivity contribution in [2.75, 3.05) is 19.7 Å². The number of carbonyl (C=O) groups excluding carboxylic acids is 2. The van der Waals surface area contributed by atoms with E-state index in [9.17, 15) is 9.59 Å². The van der Waals surface area contributed by atoms with Gasteiger partial charge in [-0.25, -0.2) is 0 Å². The van der Waals surface area contributed by atoms with Crippen LogP contribution in [0, 0.1) is 0 Å². The summed E-state index contributed by atoms with van der Waals surface area (Å²) in [4.78, 5) is 23.7. The molecule has 0 fully saturated rings. The summed E-state index contributed by atoms with van der Waals surface area (Å²) in [6, 6.07) is 16.7. The lowest BCUT2D eigenvalue weighted by Crippen LogP contribution is -2.37. The van der Waals surface area contributed by atoms with Gasteiger partial charge in [0.2, 0.25) is 5.91 Å². The lowest BCUT2D eigenvalue weighted by molar-refractivity contribution is -0.120. The lowest BCUT2D eigenvalue weighted by atomic mass is 10.1. The zero-order valence-electron chi connectivity index (χ0n) is 13.7. The molecule has 5 nitrogen and oxygen atoms in total. The molecule has 2 amide bonds. The van der Waals surface area contributed by atoms with Gasteiger partial charge in [-0.15, -0.1) is 0 Å². The maximum atomic E-state index is 12.0. The van der Waals surface area contributed by atoms with Crippen LogP contribution in [0.4, 0.5) is 0 Å². The molecule has 2 aromatic carbocycles. The SMILES string of the molecule is CCOc1ccc(C(=O)NCC(=O)NCCc2ccccc2)cc1. The van der Waals surface area contributed by atoms with Gasteiger partial charge >= 0.3 is 0 Å². The third-order valence-electron chi connectivity index (χ3n) is 3.42. The quantitative estimate of drug-likeness (QED) is 0.781. The molecule has 0 aliphatic rings. The Morgan fingerprint density at radius 3 is 2.33 bits per heavy atom. The minimum absolute atomic E-state index is 0.0408. The van der Waals surface area contributed by atoms with Crippen LogP contribution in [0.15, 0.2) is 54.6 Å². The van der Waals surface area contributed by atoms with Crippen molar-refractivity contribution in [2.45, 2.75) is 13.3 Å². The van der Waals surface area contributed by atoms with E-state index in [4.69, 9.17) is 4.74 Å². The van der Waals surface area contributed by atoms with Crippen LogP contribution >= 0.6 is 0 Å². The molecule has 2 rings (SSSR count). The van der Waals surface area contributed by atoms with Gasteiger partial charge in [-0.2, -0.15) is 0 Å². The van der Waals surface area contributed by atoms with E-state index in [0.717, 1.165) is 12.0 Å². The standard InChI is InChI=1S/C19H22N2O3/c1-2-24-17-10-8-16(9-11-17)19(23)21-14-18(22)20-13-12-15-6-4-3-5-7-15/h3-11H,2,12-14H2,1H3,(H,20,22)(H,21,23). The molecule has 24 heavy (non-hydrogen) atoms. The third-order valence-corrected chi connectivity index (χ3v) is 3.42. The van der Waals surface area contributed by atoms with Crippen LogP contribution in [0.25, 0.3) is 0 Å². The van der Waals surface area contributed by atoms with E-state index in [-0.39, 0.29) is 18.4 Å². The molecule has 0 aliphatic heterocycles. The molecular formula is C19H22N2O3. The predicted octanol–water partition coefficient (Wildman–Crippen LogP) is 2.17. The third kappa shape index (κ3) is 5.76. The topological polar surface area (TPSA) is 67.4 Å². The summed E-state index contributed by atoms with van der Waals surface area (Å²) in [5.74, 6) is 0.231. The van der Waals surface area contributed by atoms with Crippen molar-refractivity contribution in [1.82, 2.24) is 10.6 Å². The number of hydrogen-bond acceptors (Lipinski definition) is 3. The van der Waals surface area contributed by atoms with Gasteiger partial charge in [0.15, 0.2) is 0 Å². The van der Waals surface area contributed by atoms with E-state index >= 15 is 0 Å². The van der Waals surface area contributed by atoms with Gasteiger partial charge in [-0.3, -0.25) is 9.59 Å². The molecule has 2 N–H and O–H groups in total. The van der Waals surface area contributed by atoms with E-state index in [0.29, 0.717) is 24.5 Å². The summed E-state index contributed by atoms with van der Waals surface area (Å²) in [5.41, 5.74) is 1.66. The molecule has 0 atom stereocenters. The number of hydrogen-bond donors (Lipinski definition) is 2. The summed E-state index contributed by atoms with van der Waals surface area (Å²) in [6.45, 7) is 2.98. The second kappa shape index (κ2) is 9.35. The van der Waals surface area contributed by atoms with Crippen LogP contribution in [0.1, 0.15) is 22.8 Å². The Kier molecular flexibility index (Phi) is 6.83. The van der Waals surface area contributed by atoms with E-state index in [1.807, 2.05) is 37.3 Å². The van der Waals surface area contributed by atoms with E-state index < -0.39 is 0 Å². The normalized spacial score (nSPS) is 10.0. The minimum atomic E-state index is -0.281. The maximum Gasteiger partial charge on any atom is 0.251 e. The van der Waals surface area contributed by atoms with Gasteiger partial charge in [-0.1, -0.05) is 30.3 Å². The fraction of sp³-hybridized carbons (Fsp3) is 0.263. The fourth-order valence-corrected chi connectivity index (χ4v) is 2.19. The largest absolute Gasteiger partial charge is 0.494 e.